The van der Waals surface area contributed by atoms with Gasteiger partial charge in [-0.2, -0.15) is 0 Å². The van der Waals surface area contributed by atoms with Crippen LogP contribution in [0.2, 0.25) is 0 Å². The standard InChI is InChI=1S/C8H14N2O/c1-8(9)4-10(5-8)7(11)6-2-3-6/h6H,2-5,9H2,1H3. The molecule has 0 aromatic heterocycles. The lowest BCUT2D eigenvalue weighted by molar-refractivity contribution is -0.139. The average Bonchev–Trinajstić information content (AvgIpc) is 2.61. The smallest absolute Gasteiger partial charge is 0.225 e. The van der Waals surface area contributed by atoms with Crippen LogP contribution in [-0.2, 0) is 4.79 Å². The summed E-state index contributed by atoms with van der Waals surface area (Å²) in [6, 6.07) is 0. The van der Waals surface area contributed by atoms with Crippen molar-refractivity contribution < 1.29 is 4.79 Å². The number of rotatable bonds is 1. The maximum absolute atomic E-state index is 11.3. The van der Waals surface area contributed by atoms with Crippen LogP contribution in [-0.4, -0.2) is 29.4 Å². The third-order valence-electron chi connectivity index (χ3n) is 2.34. The van der Waals surface area contributed by atoms with Gasteiger partial charge >= 0.3 is 0 Å². The molecule has 1 aliphatic heterocycles. The zero-order valence-corrected chi connectivity index (χ0v) is 6.84. The number of amides is 1. The van der Waals surface area contributed by atoms with Gasteiger partial charge in [0.15, 0.2) is 0 Å². The summed E-state index contributed by atoms with van der Waals surface area (Å²) < 4.78 is 0. The molecule has 2 aliphatic rings. The predicted molar refractivity (Wildman–Crippen MR) is 41.9 cm³/mol. The number of nitrogens with zero attached hydrogens (tertiary/aromatic N) is 1. The molecule has 1 saturated carbocycles. The van der Waals surface area contributed by atoms with Gasteiger partial charge in [0.2, 0.25) is 5.91 Å². The Morgan fingerprint density at radius 1 is 1.55 bits per heavy atom. The molecule has 0 aromatic carbocycles. The molecule has 1 amide bonds. The Morgan fingerprint density at radius 2 is 2.09 bits per heavy atom. The van der Waals surface area contributed by atoms with E-state index in [0.717, 1.165) is 25.9 Å². The van der Waals surface area contributed by atoms with E-state index < -0.39 is 0 Å². The van der Waals surface area contributed by atoms with Gasteiger partial charge in [-0.25, -0.2) is 0 Å². The summed E-state index contributed by atoms with van der Waals surface area (Å²) in [4.78, 5) is 13.2. The van der Waals surface area contributed by atoms with E-state index in [1.54, 1.807) is 0 Å². The molecule has 0 bridgehead atoms. The summed E-state index contributed by atoms with van der Waals surface area (Å²) >= 11 is 0. The highest BCUT2D eigenvalue weighted by atomic mass is 16.2. The van der Waals surface area contributed by atoms with Crippen molar-refractivity contribution in [1.82, 2.24) is 4.90 Å². The van der Waals surface area contributed by atoms with Crippen LogP contribution in [0.25, 0.3) is 0 Å². The van der Waals surface area contributed by atoms with Gasteiger partial charge in [-0.05, 0) is 19.8 Å². The fourth-order valence-corrected chi connectivity index (χ4v) is 1.57. The van der Waals surface area contributed by atoms with E-state index in [1.165, 1.54) is 0 Å². The minimum atomic E-state index is -0.107. The lowest BCUT2D eigenvalue weighted by Crippen LogP contribution is -2.67. The van der Waals surface area contributed by atoms with E-state index in [0.29, 0.717) is 11.8 Å². The van der Waals surface area contributed by atoms with Crippen LogP contribution in [0.1, 0.15) is 19.8 Å². The van der Waals surface area contributed by atoms with Crippen molar-refractivity contribution in [2.45, 2.75) is 25.3 Å². The van der Waals surface area contributed by atoms with Crippen LogP contribution in [0.4, 0.5) is 0 Å². The van der Waals surface area contributed by atoms with E-state index in [9.17, 15) is 4.79 Å². The van der Waals surface area contributed by atoms with Crippen LogP contribution in [0.15, 0.2) is 0 Å². The molecule has 2 rings (SSSR count). The highest BCUT2D eigenvalue weighted by Crippen LogP contribution is 2.33. The van der Waals surface area contributed by atoms with E-state index >= 15 is 0 Å². The van der Waals surface area contributed by atoms with Gasteiger partial charge in [-0.3, -0.25) is 4.79 Å². The second-order valence-electron chi connectivity index (χ2n) is 4.12. The topological polar surface area (TPSA) is 46.3 Å². The SMILES string of the molecule is CC1(N)CN(C(=O)C2CC2)C1. The van der Waals surface area contributed by atoms with Crippen molar-refractivity contribution >= 4 is 5.91 Å². The van der Waals surface area contributed by atoms with Gasteiger partial charge in [0, 0.05) is 24.5 Å². The van der Waals surface area contributed by atoms with E-state index in [4.69, 9.17) is 5.73 Å². The maximum Gasteiger partial charge on any atom is 0.225 e. The monoisotopic (exact) mass is 154 g/mol. The predicted octanol–water partition coefficient (Wildman–Crippen LogP) is -0.0440. The molecule has 0 unspecified atom stereocenters. The fraction of sp³-hybridized carbons (Fsp3) is 0.875. The summed E-state index contributed by atoms with van der Waals surface area (Å²) in [5.74, 6) is 0.680. The molecular weight excluding hydrogens is 140 g/mol. The average molecular weight is 154 g/mol. The Hall–Kier alpha value is -0.570. The lowest BCUT2D eigenvalue weighted by Gasteiger charge is -2.45. The van der Waals surface area contributed by atoms with Crippen molar-refractivity contribution in [1.29, 1.82) is 0 Å². The second-order valence-corrected chi connectivity index (χ2v) is 4.12. The second kappa shape index (κ2) is 1.97. The molecule has 1 aliphatic carbocycles. The van der Waals surface area contributed by atoms with Crippen LogP contribution in [0, 0.1) is 5.92 Å². The number of likely N-dealkylation sites (tertiary alicyclic amines) is 1. The largest absolute Gasteiger partial charge is 0.339 e. The normalized spacial score (nSPS) is 28.0. The van der Waals surface area contributed by atoms with Gasteiger partial charge in [-0.1, -0.05) is 0 Å². The number of carbonyl (C=O) groups is 1. The highest BCUT2D eigenvalue weighted by Gasteiger charge is 2.42. The summed E-state index contributed by atoms with van der Waals surface area (Å²) in [7, 11) is 0. The highest BCUT2D eigenvalue weighted by molar-refractivity contribution is 5.82. The quantitative estimate of drug-likeness (QED) is 0.576. The molecule has 0 radical (unpaired) electrons. The summed E-state index contributed by atoms with van der Waals surface area (Å²) in [6.45, 7) is 3.49. The van der Waals surface area contributed by atoms with Crippen molar-refractivity contribution in [3.8, 4) is 0 Å². The van der Waals surface area contributed by atoms with Crippen molar-refractivity contribution in [2.75, 3.05) is 13.1 Å². The van der Waals surface area contributed by atoms with Gasteiger partial charge in [-0.15, -0.1) is 0 Å². The summed E-state index contributed by atoms with van der Waals surface area (Å²) in [5, 5.41) is 0. The summed E-state index contributed by atoms with van der Waals surface area (Å²) in [5.41, 5.74) is 5.67. The van der Waals surface area contributed by atoms with Crippen LogP contribution in [0.5, 0.6) is 0 Å². The zero-order chi connectivity index (χ0) is 8.06. The van der Waals surface area contributed by atoms with E-state index in [-0.39, 0.29) is 5.54 Å². The first kappa shape index (κ1) is 7.10. The van der Waals surface area contributed by atoms with Gasteiger partial charge in [0.25, 0.3) is 0 Å². The minimum Gasteiger partial charge on any atom is -0.339 e. The Kier molecular flexibility index (Phi) is 1.27. The number of hydrogen-bond acceptors (Lipinski definition) is 2. The van der Waals surface area contributed by atoms with Gasteiger partial charge in [0.05, 0.1) is 0 Å². The number of nitrogens with two attached hydrogens (primary N) is 1. The maximum atomic E-state index is 11.3. The molecule has 0 aromatic rings. The first-order valence-corrected chi connectivity index (χ1v) is 4.16. The third-order valence-corrected chi connectivity index (χ3v) is 2.34. The van der Waals surface area contributed by atoms with Gasteiger partial charge in [0.1, 0.15) is 0 Å². The molecule has 3 nitrogen and oxygen atoms in total. The Labute approximate surface area is 66.5 Å². The van der Waals surface area contributed by atoms with Crippen molar-refractivity contribution in [3.05, 3.63) is 0 Å². The molecular formula is C8H14N2O. The minimum absolute atomic E-state index is 0.107. The molecule has 1 saturated heterocycles. The molecule has 0 spiro atoms. The Bertz CT molecular complexity index is 188. The molecule has 2 N–H and O–H groups in total. The van der Waals surface area contributed by atoms with E-state index in [2.05, 4.69) is 0 Å². The number of hydrogen-bond donors (Lipinski definition) is 1. The third kappa shape index (κ3) is 1.25. The fourth-order valence-electron chi connectivity index (χ4n) is 1.57. The van der Waals surface area contributed by atoms with Crippen molar-refractivity contribution in [3.63, 3.8) is 0 Å². The van der Waals surface area contributed by atoms with E-state index in [1.807, 2.05) is 11.8 Å². The van der Waals surface area contributed by atoms with Crippen LogP contribution >= 0.6 is 0 Å². The molecule has 1 heterocycles. The lowest BCUT2D eigenvalue weighted by atomic mass is 9.93. The number of carbonyl (C=O) groups excluding carboxylic acids is 1. The molecule has 3 heteroatoms. The first-order valence-electron chi connectivity index (χ1n) is 4.16. The Morgan fingerprint density at radius 3 is 2.45 bits per heavy atom. The molecule has 0 atom stereocenters. The molecule has 11 heavy (non-hydrogen) atoms. The van der Waals surface area contributed by atoms with Crippen LogP contribution < -0.4 is 5.73 Å². The van der Waals surface area contributed by atoms with Crippen LogP contribution in [0.3, 0.4) is 0 Å². The zero-order valence-electron chi connectivity index (χ0n) is 6.84. The first-order chi connectivity index (χ1) is 5.08. The van der Waals surface area contributed by atoms with Crippen molar-refractivity contribution in [2.24, 2.45) is 11.7 Å². The molecule has 62 valence electrons. The Balaban J connectivity index is 1.85. The van der Waals surface area contributed by atoms with Gasteiger partial charge < -0.3 is 10.6 Å². The molecule has 2 fully saturated rings. The summed E-state index contributed by atoms with van der Waals surface area (Å²) in [6.07, 6.45) is 2.19.